The zero-order valence-corrected chi connectivity index (χ0v) is 11.4. The third kappa shape index (κ3) is 2.94. The van der Waals surface area contributed by atoms with Crippen molar-refractivity contribution < 1.29 is 9.90 Å². The van der Waals surface area contributed by atoms with Crippen LogP contribution in [0.4, 0.5) is 0 Å². The quantitative estimate of drug-likeness (QED) is 0.820. The molecular formula is C11H16N2O2S2. The van der Waals surface area contributed by atoms with Gasteiger partial charge in [-0.15, -0.1) is 11.3 Å². The molecule has 0 saturated carbocycles. The third-order valence-corrected chi connectivity index (χ3v) is 4.47. The summed E-state index contributed by atoms with van der Waals surface area (Å²) < 4.78 is 0.722. The number of aryl methyl sites for hydroxylation is 1. The van der Waals surface area contributed by atoms with E-state index >= 15 is 0 Å². The average molecular weight is 272 g/mol. The Morgan fingerprint density at radius 3 is 3.00 bits per heavy atom. The van der Waals surface area contributed by atoms with E-state index in [1.807, 2.05) is 11.8 Å². The molecule has 1 amide bonds. The van der Waals surface area contributed by atoms with E-state index < -0.39 is 0 Å². The molecule has 1 aliphatic rings. The Balaban J connectivity index is 1.98. The second-order valence-corrected chi connectivity index (χ2v) is 6.19. The van der Waals surface area contributed by atoms with Gasteiger partial charge in [-0.3, -0.25) is 4.79 Å². The van der Waals surface area contributed by atoms with Crippen LogP contribution in [-0.2, 0) is 11.2 Å². The van der Waals surface area contributed by atoms with E-state index in [4.69, 9.17) is 17.3 Å². The lowest BCUT2D eigenvalue weighted by Gasteiger charge is -2.15. The topological polar surface area (TPSA) is 56.3 Å². The standard InChI is InChI=1S/C11H16N2O2S2/c1-7-9(17-11(16)12-7)4-10(15)13-3-2-8(5-13)6-14/h8,14H,2-6H2,1H3,(H,12,16). The largest absolute Gasteiger partial charge is 0.396 e. The molecule has 2 rings (SSSR count). The van der Waals surface area contributed by atoms with Crippen LogP contribution in [0.3, 0.4) is 0 Å². The highest BCUT2D eigenvalue weighted by atomic mass is 32.1. The predicted octanol–water partition coefficient (Wildman–Crippen LogP) is 1.50. The molecule has 1 aromatic rings. The summed E-state index contributed by atoms with van der Waals surface area (Å²) >= 11 is 6.52. The van der Waals surface area contributed by atoms with Crippen molar-refractivity contribution in [3.63, 3.8) is 0 Å². The summed E-state index contributed by atoms with van der Waals surface area (Å²) in [6.07, 6.45) is 1.33. The average Bonchev–Trinajstić information content (AvgIpc) is 2.86. The lowest BCUT2D eigenvalue weighted by molar-refractivity contribution is -0.129. The van der Waals surface area contributed by atoms with Gasteiger partial charge in [-0.25, -0.2) is 0 Å². The van der Waals surface area contributed by atoms with Crippen LogP contribution in [0.2, 0.25) is 0 Å². The first-order chi connectivity index (χ1) is 8.10. The summed E-state index contributed by atoms with van der Waals surface area (Å²) in [5.41, 5.74) is 0.992. The second kappa shape index (κ2) is 5.29. The van der Waals surface area contributed by atoms with E-state index in [0.717, 1.165) is 27.5 Å². The molecule has 0 radical (unpaired) electrons. The number of hydrogen-bond donors (Lipinski definition) is 2. The van der Waals surface area contributed by atoms with Crippen LogP contribution in [0, 0.1) is 16.8 Å². The number of H-pyrrole nitrogens is 1. The summed E-state index contributed by atoms with van der Waals surface area (Å²) in [5, 5.41) is 9.05. The van der Waals surface area contributed by atoms with Gasteiger partial charge in [-0.05, 0) is 25.6 Å². The number of hydrogen-bond acceptors (Lipinski definition) is 4. The van der Waals surface area contributed by atoms with Gasteiger partial charge in [0.2, 0.25) is 5.91 Å². The third-order valence-electron chi connectivity index (χ3n) is 3.13. The van der Waals surface area contributed by atoms with Gasteiger partial charge in [0.15, 0.2) is 3.95 Å². The Hall–Kier alpha value is -0.720. The molecule has 0 spiro atoms. The number of aromatic amines is 1. The Labute approximate surface area is 109 Å². The zero-order valence-electron chi connectivity index (χ0n) is 9.73. The zero-order chi connectivity index (χ0) is 12.4. The molecule has 0 bridgehead atoms. The molecular weight excluding hydrogens is 256 g/mol. The van der Waals surface area contributed by atoms with Crippen LogP contribution in [0.15, 0.2) is 0 Å². The molecule has 1 atom stereocenters. The number of thiazole rings is 1. The van der Waals surface area contributed by atoms with Crippen LogP contribution in [0.25, 0.3) is 0 Å². The lowest BCUT2D eigenvalue weighted by atomic mass is 10.1. The van der Waals surface area contributed by atoms with Crippen molar-refractivity contribution in [1.82, 2.24) is 9.88 Å². The van der Waals surface area contributed by atoms with Gasteiger partial charge in [0.05, 0.1) is 6.42 Å². The van der Waals surface area contributed by atoms with E-state index in [1.54, 1.807) is 0 Å². The number of nitrogens with one attached hydrogen (secondary N) is 1. The van der Waals surface area contributed by atoms with Crippen molar-refractivity contribution in [2.75, 3.05) is 19.7 Å². The maximum absolute atomic E-state index is 12.0. The van der Waals surface area contributed by atoms with Crippen LogP contribution in [-0.4, -0.2) is 40.6 Å². The van der Waals surface area contributed by atoms with Gasteiger partial charge in [0, 0.05) is 36.2 Å². The summed E-state index contributed by atoms with van der Waals surface area (Å²) in [6.45, 7) is 3.56. The first-order valence-corrected chi connectivity index (χ1v) is 6.90. The number of aliphatic hydroxyl groups is 1. The van der Waals surface area contributed by atoms with Crippen molar-refractivity contribution in [3.8, 4) is 0 Å². The molecule has 0 aromatic carbocycles. The number of amides is 1. The first-order valence-electron chi connectivity index (χ1n) is 5.67. The van der Waals surface area contributed by atoms with Gasteiger partial charge >= 0.3 is 0 Å². The number of rotatable bonds is 3. The van der Waals surface area contributed by atoms with Gasteiger partial charge in [-0.2, -0.15) is 0 Å². The van der Waals surface area contributed by atoms with E-state index in [9.17, 15) is 4.79 Å². The van der Waals surface area contributed by atoms with Crippen LogP contribution >= 0.6 is 23.6 Å². The van der Waals surface area contributed by atoms with Crippen molar-refractivity contribution in [1.29, 1.82) is 0 Å². The summed E-state index contributed by atoms with van der Waals surface area (Å²) in [4.78, 5) is 17.9. The Morgan fingerprint density at radius 1 is 1.71 bits per heavy atom. The molecule has 2 N–H and O–H groups in total. The van der Waals surface area contributed by atoms with Crippen molar-refractivity contribution in [2.24, 2.45) is 5.92 Å². The highest BCUT2D eigenvalue weighted by Gasteiger charge is 2.26. The van der Waals surface area contributed by atoms with Gasteiger partial charge < -0.3 is 15.0 Å². The Morgan fingerprint density at radius 2 is 2.47 bits per heavy atom. The second-order valence-electron chi connectivity index (χ2n) is 4.42. The summed E-state index contributed by atoms with van der Waals surface area (Å²) in [5.74, 6) is 0.388. The molecule has 2 heterocycles. The first kappa shape index (κ1) is 12.7. The van der Waals surface area contributed by atoms with E-state index in [0.29, 0.717) is 13.0 Å². The molecule has 4 nitrogen and oxygen atoms in total. The maximum atomic E-state index is 12.0. The highest BCUT2D eigenvalue weighted by Crippen LogP contribution is 2.20. The molecule has 94 valence electrons. The van der Waals surface area contributed by atoms with E-state index in [2.05, 4.69) is 4.98 Å². The minimum Gasteiger partial charge on any atom is -0.396 e. The van der Waals surface area contributed by atoms with Gasteiger partial charge in [0.1, 0.15) is 0 Å². The van der Waals surface area contributed by atoms with Gasteiger partial charge in [-0.1, -0.05) is 0 Å². The highest BCUT2D eigenvalue weighted by molar-refractivity contribution is 7.73. The van der Waals surface area contributed by atoms with Crippen LogP contribution < -0.4 is 0 Å². The van der Waals surface area contributed by atoms with Gasteiger partial charge in [0.25, 0.3) is 0 Å². The number of carbonyl (C=O) groups excluding carboxylic acids is 1. The number of aromatic nitrogens is 1. The Bertz CT molecular complexity index is 466. The molecule has 1 saturated heterocycles. The molecule has 17 heavy (non-hydrogen) atoms. The predicted molar refractivity (Wildman–Crippen MR) is 69.7 cm³/mol. The fraction of sp³-hybridized carbons (Fsp3) is 0.636. The molecule has 1 fully saturated rings. The maximum Gasteiger partial charge on any atom is 0.227 e. The van der Waals surface area contributed by atoms with Crippen LogP contribution in [0.1, 0.15) is 17.0 Å². The van der Waals surface area contributed by atoms with E-state index in [1.165, 1.54) is 11.3 Å². The molecule has 1 aromatic heterocycles. The van der Waals surface area contributed by atoms with E-state index in [-0.39, 0.29) is 18.4 Å². The number of carbonyl (C=O) groups is 1. The molecule has 1 aliphatic heterocycles. The number of aliphatic hydroxyl groups excluding tert-OH is 1. The number of nitrogens with zero attached hydrogens (tertiary/aromatic N) is 1. The molecule has 6 heteroatoms. The molecule has 1 unspecified atom stereocenters. The summed E-state index contributed by atoms with van der Waals surface area (Å²) in [6, 6.07) is 0. The monoisotopic (exact) mass is 272 g/mol. The minimum absolute atomic E-state index is 0.134. The normalized spacial score (nSPS) is 19.9. The van der Waals surface area contributed by atoms with Crippen molar-refractivity contribution in [2.45, 2.75) is 19.8 Å². The molecule has 0 aliphatic carbocycles. The smallest absolute Gasteiger partial charge is 0.227 e. The fourth-order valence-corrected chi connectivity index (χ4v) is 3.35. The number of likely N-dealkylation sites (tertiary alicyclic amines) is 1. The Kier molecular flexibility index (Phi) is 3.96. The SMILES string of the molecule is Cc1[nH]c(=S)sc1CC(=O)N1CCC(CO)C1. The fourth-order valence-electron chi connectivity index (χ4n) is 2.06. The van der Waals surface area contributed by atoms with Crippen molar-refractivity contribution >= 4 is 29.5 Å². The minimum atomic E-state index is 0.134. The summed E-state index contributed by atoms with van der Waals surface area (Å²) in [7, 11) is 0. The van der Waals surface area contributed by atoms with Crippen molar-refractivity contribution in [3.05, 3.63) is 14.5 Å². The van der Waals surface area contributed by atoms with Crippen LogP contribution in [0.5, 0.6) is 0 Å². The lowest BCUT2D eigenvalue weighted by Crippen LogP contribution is -2.30.